The summed E-state index contributed by atoms with van der Waals surface area (Å²) in [5.74, 6) is 0.992. The Bertz CT molecular complexity index is 905. The zero-order chi connectivity index (χ0) is 20.7. The van der Waals surface area contributed by atoms with Crippen molar-refractivity contribution in [3.05, 3.63) is 30.4 Å². The van der Waals surface area contributed by atoms with Crippen LogP contribution in [0.2, 0.25) is 0 Å². The number of carbonyl (C=O) groups excluding carboxylic acids is 1. The van der Waals surface area contributed by atoms with Gasteiger partial charge in [0.1, 0.15) is 5.69 Å². The fourth-order valence-electron chi connectivity index (χ4n) is 5.40. The maximum atomic E-state index is 13.5. The number of carbonyl (C=O) groups is 1. The van der Waals surface area contributed by atoms with E-state index >= 15 is 0 Å². The maximum Gasteiger partial charge on any atom is 0.230 e. The Morgan fingerprint density at radius 3 is 2.57 bits per heavy atom. The van der Waals surface area contributed by atoms with Crippen LogP contribution in [-0.2, 0) is 4.79 Å². The Labute approximate surface area is 176 Å². The average molecular weight is 411 g/mol. The van der Waals surface area contributed by atoms with Gasteiger partial charge < -0.3 is 14.9 Å². The molecule has 4 heterocycles. The van der Waals surface area contributed by atoms with Gasteiger partial charge in [-0.1, -0.05) is 0 Å². The Morgan fingerprint density at radius 2 is 1.87 bits per heavy atom. The maximum absolute atomic E-state index is 13.5. The van der Waals surface area contributed by atoms with Crippen LogP contribution in [0.25, 0.3) is 5.69 Å². The van der Waals surface area contributed by atoms with Crippen LogP contribution in [-0.4, -0.2) is 67.4 Å². The summed E-state index contributed by atoms with van der Waals surface area (Å²) >= 11 is 0. The molecule has 3 aliphatic rings. The summed E-state index contributed by atoms with van der Waals surface area (Å²) in [6, 6.07) is 2.25. The highest BCUT2D eigenvalue weighted by atomic mass is 16.3. The SMILES string of the molecule is Cc1ccn(-c2cnc(N3CCC[C@@]4(CCN(C5CCC(O)CC5)C4=O)C3)nc2)n1. The van der Waals surface area contributed by atoms with Gasteiger partial charge in [0.05, 0.1) is 29.6 Å². The normalized spacial score (nSPS) is 29.7. The first kappa shape index (κ1) is 19.5. The molecular formula is C22H30N6O2. The van der Waals surface area contributed by atoms with Crippen molar-refractivity contribution in [1.82, 2.24) is 24.6 Å². The standard InChI is InChI=1S/C22H30N6O2/c1-16-7-11-28(25-16)18-13-23-21(24-14-18)26-10-2-8-22(15-26)9-12-27(20(22)30)17-3-5-19(29)6-4-17/h7,11,13-14,17,19,29H,2-6,8-10,12,15H2,1H3/t17?,19?,22-/m1/s1. The second-order valence-corrected chi connectivity index (χ2v) is 9.16. The number of hydrogen-bond donors (Lipinski definition) is 1. The number of aliphatic hydroxyl groups is 1. The molecular weight excluding hydrogens is 380 g/mol. The molecule has 30 heavy (non-hydrogen) atoms. The lowest BCUT2D eigenvalue weighted by atomic mass is 9.78. The first-order valence-electron chi connectivity index (χ1n) is 11.1. The number of amides is 1. The Kier molecular flexibility index (Phi) is 4.97. The van der Waals surface area contributed by atoms with Crippen molar-refractivity contribution < 1.29 is 9.90 Å². The molecule has 2 aromatic rings. The molecule has 1 amide bonds. The lowest BCUT2D eigenvalue weighted by Gasteiger charge is -2.40. The third-order valence-corrected chi connectivity index (χ3v) is 7.12. The summed E-state index contributed by atoms with van der Waals surface area (Å²) in [4.78, 5) is 26.9. The molecule has 1 spiro atoms. The van der Waals surface area contributed by atoms with Gasteiger partial charge in [-0.25, -0.2) is 14.6 Å². The minimum atomic E-state index is -0.310. The van der Waals surface area contributed by atoms with Gasteiger partial charge in [-0.2, -0.15) is 5.10 Å². The number of rotatable bonds is 3. The van der Waals surface area contributed by atoms with Crippen LogP contribution in [0.1, 0.15) is 50.6 Å². The van der Waals surface area contributed by atoms with E-state index in [1.54, 1.807) is 17.1 Å². The summed E-state index contributed by atoms with van der Waals surface area (Å²) in [6.07, 6.45) is 11.6. The van der Waals surface area contributed by atoms with Crippen LogP contribution < -0.4 is 4.90 Å². The molecule has 2 aliphatic heterocycles. The molecule has 2 saturated heterocycles. The quantitative estimate of drug-likeness (QED) is 0.834. The lowest BCUT2D eigenvalue weighted by molar-refractivity contribution is -0.139. The highest BCUT2D eigenvalue weighted by Crippen LogP contribution is 2.43. The van der Waals surface area contributed by atoms with Crippen LogP contribution in [0.3, 0.4) is 0 Å². The van der Waals surface area contributed by atoms with E-state index in [1.807, 2.05) is 19.2 Å². The molecule has 0 radical (unpaired) electrons. The smallest absolute Gasteiger partial charge is 0.230 e. The van der Waals surface area contributed by atoms with E-state index in [9.17, 15) is 9.90 Å². The molecule has 2 aromatic heterocycles. The Morgan fingerprint density at radius 1 is 1.10 bits per heavy atom. The molecule has 1 aliphatic carbocycles. The largest absolute Gasteiger partial charge is 0.393 e. The van der Waals surface area contributed by atoms with Crippen LogP contribution in [0.4, 0.5) is 5.95 Å². The van der Waals surface area contributed by atoms with Gasteiger partial charge in [0.2, 0.25) is 11.9 Å². The van der Waals surface area contributed by atoms with Crippen molar-refractivity contribution in [3.8, 4) is 5.69 Å². The number of piperidine rings is 1. The highest BCUT2D eigenvalue weighted by Gasteiger charge is 2.50. The van der Waals surface area contributed by atoms with E-state index in [0.29, 0.717) is 24.4 Å². The van der Waals surface area contributed by atoms with Crippen molar-refractivity contribution in [2.45, 2.75) is 64.0 Å². The van der Waals surface area contributed by atoms with Crippen molar-refractivity contribution in [1.29, 1.82) is 0 Å². The summed E-state index contributed by atoms with van der Waals surface area (Å²) < 4.78 is 1.77. The summed E-state index contributed by atoms with van der Waals surface area (Å²) in [7, 11) is 0. The summed E-state index contributed by atoms with van der Waals surface area (Å²) in [6.45, 7) is 4.37. The first-order valence-corrected chi connectivity index (χ1v) is 11.1. The van der Waals surface area contributed by atoms with Gasteiger partial charge in [0, 0.05) is 31.9 Å². The monoisotopic (exact) mass is 410 g/mol. The minimum Gasteiger partial charge on any atom is -0.393 e. The fourth-order valence-corrected chi connectivity index (χ4v) is 5.40. The molecule has 0 unspecified atom stereocenters. The minimum absolute atomic E-state index is 0.191. The molecule has 0 aromatic carbocycles. The second kappa shape index (κ2) is 7.65. The molecule has 1 atom stereocenters. The van der Waals surface area contributed by atoms with Crippen molar-refractivity contribution in [3.63, 3.8) is 0 Å². The molecule has 3 fully saturated rings. The predicted molar refractivity (Wildman–Crippen MR) is 112 cm³/mol. The van der Waals surface area contributed by atoms with Crippen molar-refractivity contribution in [2.24, 2.45) is 5.41 Å². The number of aromatic nitrogens is 4. The van der Waals surface area contributed by atoms with Crippen LogP contribution in [0.5, 0.6) is 0 Å². The zero-order valence-electron chi connectivity index (χ0n) is 17.6. The van der Waals surface area contributed by atoms with Crippen LogP contribution in [0.15, 0.2) is 24.7 Å². The topological polar surface area (TPSA) is 87.4 Å². The lowest BCUT2D eigenvalue weighted by Crippen LogP contribution is -2.50. The molecule has 1 saturated carbocycles. The van der Waals surface area contributed by atoms with Gasteiger partial charge in [0.25, 0.3) is 0 Å². The van der Waals surface area contributed by atoms with Gasteiger partial charge in [0.15, 0.2) is 0 Å². The van der Waals surface area contributed by atoms with Crippen LogP contribution >= 0.6 is 0 Å². The molecule has 1 N–H and O–H groups in total. The Hall–Kier alpha value is -2.48. The number of aryl methyl sites for hydroxylation is 1. The van der Waals surface area contributed by atoms with E-state index in [2.05, 4.69) is 24.9 Å². The van der Waals surface area contributed by atoms with E-state index in [4.69, 9.17) is 0 Å². The van der Waals surface area contributed by atoms with Gasteiger partial charge in [-0.05, 0) is 57.9 Å². The number of likely N-dealkylation sites (tertiary alicyclic amines) is 1. The first-order chi connectivity index (χ1) is 14.5. The Balaban J connectivity index is 1.29. The number of nitrogens with zero attached hydrogens (tertiary/aromatic N) is 6. The van der Waals surface area contributed by atoms with Gasteiger partial charge in [-0.15, -0.1) is 0 Å². The highest BCUT2D eigenvalue weighted by molar-refractivity contribution is 5.86. The van der Waals surface area contributed by atoms with E-state index in [-0.39, 0.29) is 11.5 Å². The number of aliphatic hydroxyl groups excluding tert-OH is 1. The molecule has 160 valence electrons. The third kappa shape index (κ3) is 3.47. The zero-order valence-corrected chi connectivity index (χ0v) is 17.6. The predicted octanol–water partition coefficient (Wildman–Crippen LogP) is 2.09. The van der Waals surface area contributed by atoms with Gasteiger partial charge >= 0.3 is 0 Å². The summed E-state index contributed by atoms with van der Waals surface area (Å²) in [5, 5.41) is 14.2. The molecule has 5 rings (SSSR count). The molecule has 0 bridgehead atoms. The number of anilines is 1. The van der Waals surface area contributed by atoms with E-state index < -0.39 is 0 Å². The van der Waals surface area contributed by atoms with Crippen molar-refractivity contribution >= 4 is 11.9 Å². The van der Waals surface area contributed by atoms with Gasteiger partial charge in [-0.3, -0.25) is 4.79 Å². The van der Waals surface area contributed by atoms with Crippen LogP contribution in [0, 0.1) is 12.3 Å². The average Bonchev–Trinajstić information content (AvgIpc) is 3.33. The third-order valence-electron chi connectivity index (χ3n) is 7.12. The molecule has 8 heteroatoms. The molecule has 8 nitrogen and oxygen atoms in total. The van der Waals surface area contributed by atoms with E-state index in [0.717, 1.165) is 69.4 Å². The fraction of sp³-hybridized carbons (Fsp3) is 0.636. The van der Waals surface area contributed by atoms with E-state index in [1.165, 1.54) is 0 Å². The second-order valence-electron chi connectivity index (χ2n) is 9.16. The van der Waals surface area contributed by atoms with Crippen molar-refractivity contribution in [2.75, 3.05) is 24.5 Å². The number of hydrogen-bond acceptors (Lipinski definition) is 6. The summed E-state index contributed by atoms with van der Waals surface area (Å²) in [5.41, 5.74) is 1.48.